The zero-order valence-corrected chi connectivity index (χ0v) is 19.5. The molecule has 1 aliphatic heterocycles. The number of hydrogen-bond donors (Lipinski definition) is 0. The fourth-order valence-corrected chi connectivity index (χ4v) is 5.05. The van der Waals surface area contributed by atoms with Gasteiger partial charge in [-0.05, 0) is 59.6 Å². The van der Waals surface area contributed by atoms with E-state index >= 15 is 0 Å². The number of aromatic nitrogens is 1. The van der Waals surface area contributed by atoms with Crippen LogP contribution in [0.15, 0.2) is 66.5 Å². The number of carbonyl (C=O) groups is 1. The predicted octanol–water partition coefficient (Wildman–Crippen LogP) is 3.16. The lowest BCUT2D eigenvalue weighted by molar-refractivity contribution is -0.139. The standard InChI is InChI=1S/C22H19BrN2O5S/c1-4-29-21(27)18-12(2)24-22-25(19(18)13-7-8-16(28-3)15(23)10-13)20(26)17(31-22)11-14-6-5-9-30-14/h5-11,19H,4H2,1-3H3/t19-/m1/s1. The van der Waals surface area contributed by atoms with Crippen LogP contribution in [0.2, 0.25) is 0 Å². The highest BCUT2D eigenvalue weighted by atomic mass is 79.9. The highest BCUT2D eigenvalue weighted by Gasteiger charge is 2.33. The summed E-state index contributed by atoms with van der Waals surface area (Å²) in [5.74, 6) is 0.712. The Balaban J connectivity index is 1.97. The Morgan fingerprint density at radius 2 is 2.19 bits per heavy atom. The second-order valence-electron chi connectivity index (χ2n) is 6.71. The van der Waals surface area contributed by atoms with Crippen LogP contribution in [0.25, 0.3) is 6.08 Å². The summed E-state index contributed by atoms with van der Waals surface area (Å²) >= 11 is 4.74. The third kappa shape index (κ3) is 3.90. The molecule has 160 valence electrons. The maximum Gasteiger partial charge on any atom is 0.338 e. The summed E-state index contributed by atoms with van der Waals surface area (Å²) in [5, 5.41) is 0. The molecular weight excluding hydrogens is 484 g/mol. The minimum absolute atomic E-state index is 0.220. The van der Waals surface area contributed by atoms with Crippen LogP contribution in [0.5, 0.6) is 5.75 Å². The van der Waals surface area contributed by atoms with Crippen molar-refractivity contribution in [2.45, 2.75) is 19.9 Å². The number of nitrogens with zero attached hydrogens (tertiary/aromatic N) is 2. The number of esters is 1. The molecule has 1 aliphatic rings. The second kappa shape index (κ2) is 8.68. The van der Waals surface area contributed by atoms with Crippen LogP contribution in [0.1, 0.15) is 31.2 Å². The molecule has 2 aromatic heterocycles. The largest absolute Gasteiger partial charge is 0.496 e. The van der Waals surface area contributed by atoms with Gasteiger partial charge in [0.25, 0.3) is 5.56 Å². The number of methoxy groups -OCH3 is 1. The minimum Gasteiger partial charge on any atom is -0.496 e. The third-order valence-corrected chi connectivity index (χ3v) is 6.43. The second-order valence-corrected chi connectivity index (χ2v) is 8.58. The number of carbonyl (C=O) groups excluding carboxylic acids is 1. The molecule has 3 heterocycles. The first-order chi connectivity index (χ1) is 14.9. The molecule has 0 radical (unpaired) electrons. The summed E-state index contributed by atoms with van der Waals surface area (Å²) in [5.41, 5.74) is 1.32. The molecule has 1 aromatic carbocycles. The van der Waals surface area contributed by atoms with Gasteiger partial charge in [0.1, 0.15) is 11.5 Å². The van der Waals surface area contributed by atoms with E-state index < -0.39 is 12.0 Å². The summed E-state index contributed by atoms with van der Waals surface area (Å²) in [6.45, 7) is 3.71. The molecule has 0 amide bonds. The van der Waals surface area contributed by atoms with E-state index in [4.69, 9.17) is 13.9 Å². The number of rotatable bonds is 5. The molecule has 7 nitrogen and oxygen atoms in total. The monoisotopic (exact) mass is 502 g/mol. The molecule has 0 saturated heterocycles. The maximum absolute atomic E-state index is 13.4. The van der Waals surface area contributed by atoms with Gasteiger partial charge in [0, 0.05) is 6.08 Å². The molecule has 0 fully saturated rings. The number of furan rings is 1. The molecule has 0 saturated carbocycles. The molecule has 0 bridgehead atoms. The van der Waals surface area contributed by atoms with Gasteiger partial charge in [0.2, 0.25) is 0 Å². The van der Waals surface area contributed by atoms with Gasteiger partial charge in [-0.1, -0.05) is 17.4 Å². The summed E-state index contributed by atoms with van der Waals surface area (Å²) < 4.78 is 18.7. The minimum atomic E-state index is -0.684. The van der Waals surface area contributed by atoms with Crippen LogP contribution in [0.3, 0.4) is 0 Å². The van der Waals surface area contributed by atoms with E-state index in [2.05, 4.69) is 20.9 Å². The number of ether oxygens (including phenoxy) is 2. The first-order valence-electron chi connectivity index (χ1n) is 9.51. The van der Waals surface area contributed by atoms with Crippen LogP contribution in [-0.2, 0) is 9.53 Å². The normalized spacial score (nSPS) is 16.1. The number of fused-ring (bicyclic) bond motifs is 1. The molecular formula is C22H19BrN2O5S. The number of hydrogen-bond acceptors (Lipinski definition) is 7. The summed E-state index contributed by atoms with van der Waals surface area (Å²) in [7, 11) is 1.57. The lowest BCUT2D eigenvalue weighted by atomic mass is 9.96. The lowest BCUT2D eigenvalue weighted by Gasteiger charge is -2.25. The summed E-state index contributed by atoms with van der Waals surface area (Å²) in [6.07, 6.45) is 3.22. The van der Waals surface area contributed by atoms with Gasteiger partial charge in [-0.15, -0.1) is 0 Å². The van der Waals surface area contributed by atoms with Crippen molar-refractivity contribution in [3.8, 4) is 5.75 Å². The molecule has 0 aliphatic carbocycles. The quantitative estimate of drug-likeness (QED) is 0.500. The van der Waals surface area contributed by atoms with Crippen molar-refractivity contribution in [1.82, 2.24) is 4.57 Å². The Labute approximate surface area is 190 Å². The van der Waals surface area contributed by atoms with E-state index in [1.807, 2.05) is 12.1 Å². The molecule has 3 aromatic rings. The van der Waals surface area contributed by atoms with Crippen molar-refractivity contribution in [1.29, 1.82) is 0 Å². The predicted molar refractivity (Wildman–Crippen MR) is 120 cm³/mol. The SMILES string of the molecule is CCOC(=O)C1=C(C)N=c2sc(=Cc3ccco3)c(=O)n2[C@@H]1c1ccc(OC)c(Br)c1. The molecule has 9 heteroatoms. The zero-order valence-electron chi connectivity index (χ0n) is 17.0. The average Bonchev–Trinajstić information content (AvgIpc) is 3.35. The van der Waals surface area contributed by atoms with E-state index in [0.29, 0.717) is 36.6 Å². The maximum atomic E-state index is 13.4. The van der Waals surface area contributed by atoms with Gasteiger partial charge in [0.05, 0.1) is 46.3 Å². The zero-order chi connectivity index (χ0) is 22.1. The van der Waals surface area contributed by atoms with E-state index in [0.717, 1.165) is 5.56 Å². The topological polar surface area (TPSA) is 83.0 Å². The number of halogens is 1. The summed E-state index contributed by atoms with van der Waals surface area (Å²) in [6, 6.07) is 8.29. The third-order valence-electron chi connectivity index (χ3n) is 4.83. The van der Waals surface area contributed by atoms with Gasteiger partial charge in [0.15, 0.2) is 4.80 Å². The van der Waals surface area contributed by atoms with Gasteiger partial charge in [-0.2, -0.15) is 0 Å². The Hall–Kier alpha value is -2.91. The van der Waals surface area contributed by atoms with Crippen LogP contribution in [-0.4, -0.2) is 24.3 Å². The van der Waals surface area contributed by atoms with Gasteiger partial charge >= 0.3 is 5.97 Å². The van der Waals surface area contributed by atoms with Crippen molar-refractivity contribution in [3.05, 3.63) is 83.3 Å². The number of benzene rings is 1. The van der Waals surface area contributed by atoms with Crippen molar-refractivity contribution >= 4 is 39.3 Å². The van der Waals surface area contributed by atoms with E-state index in [1.54, 1.807) is 51.5 Å². The fourth-order valence-electron chi connectivity index (χ4n) is 3.46. The first-order valence-corrected chi connectivity index (χ1v) is 11.1. The van der Waals surface area contributed by atoms with Crippen LogP contribution < -0.4 is 19.6 Å². The number of allylic oxidation sites excluding steroid dienone is 1. The van der Waals surface area contributed by atoms with Gasteiger partial charge in [-0.3, -0.25) is 9.36 Å². The Morgan fingerprint density at radius 3 is 2.84 bits per heavy atom. The molecule has 1 atom stereocenters. The van der Waals surface area contributed by atoms with Crippen molar-refractivity contribution in [2.24, 2.45) is 4.99 Å². The van der Waals surface area contributed by atoms with Crippen LogP contribution in [0, 0.1) is 0 Å². The van der Waals surface area contributed by atoms with E-state index in [1.165, 1.54) is 15.9 Å². The first kappa shape index (κ1) is 21.3. The Kier molecular flexibility index (Phi) is 5.97. The molecule has 0 spiro atoms. The van der Waals surface area contributed by atoms with Crippen molar-refractivity contribution < 1.29 is 18.7 Å². The van der Waals surface area contributed by atoms with Crippen molar-refractivity contribution in [3.63, 3.8) is 0 Å². The fraction of sp³-hybridized carbons (Fsp3) is 0.227. The van der Waals surface area contributed by atoms with Gasteiger partial charge < -0.3 is 13.9 Å². The number of thiazole rings is 1. The Bertz CT molecular complexity index is 1350. The highest BCUT2D eigenvalue weighted by molar-refractivity contribution is 9.10. The molecule has 4 rings (SSSR count). The van der Waals surface area contributed by atoms with Crippen LogP contribution >= 0.6 is 27.3 Å². The Morgan fingerprint density at radius 1 is 1.39 bits per heavy atom. The van der Waals surface area contributed by atoms with E-state index in [9.17, 15) is 9.59 Å². The van der Waals surface area contributed by atoms with E-state index in [-0.39, 0.29) is 12.2 Å². The molecule has 31 heavy (non-hydrogen) atoms. The average molecular weight is 503 g/mol. The van der Waals surface area contributed by atoms with Crippen molar-refractivity contribution in [2.75, 3.05) is 13.7 Å². The highest BCUT2D eigenvalue weighted by Crippen LogP contribution is 2.34. The lowest BCUT2D eigenvalue weighted by Crippen LogP contribution is -2.39. The molecule has 0 unspecified atom stereocenters. The smallest absolute Gasteiger partial charge is 0.338 e. The summed E-state index contributed by atoms with van der Waals surface area (Å²) in [4.78, 5) is 31.3. The van der Waals surface area contributed by atoms with Crippen LogP contribution in [0.4, 0.5) is 0 Å². The molecule has 0 N–H and O–H groups in total. The van der Waals surface area contributed by atoms with Gasteiger partial charge in [-0.25, -0.2) is 9.79 Å².